The van der Waals surface area contributed by atoms with E-state index in [9.17, 15) is 9.59 Å². The van der Waals surface area contributed by atoms with E-state index in [1.165, 1.54) is 5.01 Å². The molecule has 1 rings (SSSR count). The van der Waals surface area contributed by atoms with Gasteiger partial charge in [0.1, 0.15) is 0 Å². The molecule has 0 bridgehead atoms. The van der Waals surface area contributed by atoms with Gasteiger partial charge in [-0.05, 0) is 24.6 Å². The third kappa shape index (κ3) is 6.33. The molecule has 0 aliphatic rings. The summed E-state index contributed by atoms with van der Waals surface area (Å²) in [5, 5.41) is 5.39. The summed E-state index contributed by atoms with van der Waals surface area (Å²) in [4.78, 5) is 23.3. The van der Waals surface area contributed by atoms with Gasteiger partial charge in [-0.1, -0.05) is 29.3 Å². The molecule has 0 aromatic heterocycles. The smallest absolute Gasteiger partial charge is 0.234 e. The molecule has 0 saturated heterocycles. The molecular weight excluding hydrogens is 313 g/mol. The van der Waals surface area contributed by atoms with E-state index in [0.717, 1.165) is 5.56 Å². The molecule has 21 heavy (non-hydrogen) atoms. The SMILES string of the molecule is CC(NC(=O)CCC(=O)NN(C)C)c1ccc(Cl)cc1Cl. The highest BCUT2D eigenvalue weighted by Crippen LogP contribution is 2.26. The van der Waals surface area contributed by atoms with Crippen molar-refractivity contribution in [3.63, 3.8) is 0 Å². The Morgan fingerprint density at radius 1 is 1.19 bits per heavy atom. The second-order valence-electron chi connectivity index (χ2n) is 4.88. The first kappa shape index (κ1) is 17.8. The molecule has 0 aliphatic heterocycles. The number of hydrogen-bond donors (Lipinski definition) is 2. The summed E-state index contributed by atoms with van der Waals surface area (Å²) < 4.78 is 0. The summed E-state index contributed by atoms with van der Waals surface area (Å²) in [5.41, 5.74) is 3.36. The number of nitrogens with zero attached hydrogens (tertiary/aromatic N) is 1. The van der Waals surface area contributed by atoms with Crippen LogP contribution in [0.4, 0.5) is 0 Å². The van der Waals surface area contributed by atoms with Crippen LogP contribution in [-0.2, 0) is 9.59 Å². The maximum atomic E-state index is 11.8. The normalized spacial score (nSPS) is 12.1. The maximum Gasteiger partial charge on any atom is 0.234 e. The maximum absolute atomic E-state index is 11.8. The van der Waals surface area contributed by atoms with Crippen LogP contribution >= 0.6 is 23.2 Å². The zero-order valence-electron chi connectivity index (χ0n) is 12.2. The van der Waals surface area contributed by atoms with Crippen molar-refractivity contribution in [1.29, 1.82) is 0 Å². The highest BCUT2D eigenvalue weighted by atomic mass is 35.5. The number of nitrogens with one attached hydrogen (secondary N) is 2. The lowest BCUT2D eigenvalue weighted by Crippen LogP contribution is -2.37. The molecule has 0 fully saturated rings. The van der Waals surface area contributed by atoms with Crippen LogP contribution in [0.2, 0.25) is 10.0 Å². The van der Waals surface area contributed by atoms with Gasteiger partial charge >= 0.3 is 0 Å². The number of halogens is 2. The van der Waals surface area contributed by atoms with Gasteiger partial charge in [-0.15, -0.1) is 0 Å². The summed E-state index contributed by atoms with van der Waals surface area (Å²) >= 11 is 11.9. The largest absolute Gasteiger partial charge is 0.350 e. The summed E-state index contributed by atoms with van der Waals surface area (Å²) in [6.07, 6.45) is 0.250. The molecule has 2 amide bonds. The molecule has 7 heteroatoms. The van der Waals surface area contributed by atoms with Gasteiger partial charge in [0.05, 0.1) is 6.04 Å². The van der Waals surface area contributed by atoms with Gasteiger partial charge < -0.3 is 5.32 Å². The lowest BCUT2D eigenvalue weighted by Gasteiger charge is -2.16. The summed E-state index contributed by atoms with van der Waals surface area (Å²) in [6.45, 7) is 1.83. The highest BCUT2D eigenvalue weighted by molar-refractivity contribution is 6.35. The molecule has 116 valence electrons. The number of benzene rings is 1. The minimum atomic E-state index is -0.251. The lowest BCUT2D eigenvalue weighted by atomic mass is 10.1. The van der Waals surface area contributed by atoms with Crippen molar-refractivity contribution in [1.82, 2.24) is 15.8 Å². The van der Waals surface area contributed by atoms with Crippen molar-refractivity contribution >= 4 is 35.0 Å². The second kappa shape index (κ2) is 8.22. The van der Waals surface area contributed by atoms with Crippen LogP contribution < -0.4 is 10.7 Å². The van der Waals surface area contributed by atoms with Gasteiger partial charge in [0.25, 0.3) is 0 Å². The average molecular weight is 332 g/mol. The molecule has 1 atom stereocenters. The van der Waals surface area contributed by atoms with Gasteiger partial charge in [0.2, 0.25) is 11.8 Å². The molecular formula is C14H19Cl2N3O2. The third-order valence-corrected chi connectivity index (χ3v) is 3.30. The van der Waals surface area contributed by atoms with E-state index in [1.54, 1.807) is 32.3 Å². The third-order valence-electron chi connectivity index (χ3n) is 2.73. The van der Waals surface area contributed by atoms with E-state index in [2.05, 4.69) is 10.7 Å². The van der Waals surface area contributed by atoms with Gasteiger partial charge in [-0.25, -0.2) is 5.01 Å². The molecule has 1 aromatic carbocycles. The van der Waals surface area contributed by atoms with Crippen LogP contribution in [0.3, 0.4) is 0 Å². The minimum absolute atomic E-state index is 0.120. The molecule has 0 saturated carbocycles. The molecule has 1 aromatic rings. The fourth-order valence-electron chi connectivity index (χ4n) is 1.78. The van der Waals surface area contributed by atoms with Gasteiger partial charge in [0, 0.05) is 37.0 Å². The van der Waals surface area contributed by atoms with Crippen molar-refractivity contribution in [2.24, 2.45) is 0 Å². The van der Waals surface area contributed by atoms with Crippen LogP contribution in [0, 0.1) is 0 Å². The Labute approximate surface area is 134 Å². The molecule has 0 heterocycles. The Balaban J connectivity index is 2.49. The molecule has 5 nitrogen and oxygen atoms in total. The first-order chi connectivity index (χ1) is 9.79. The van der Waals surface area contributed by atoms with E-state index in [4.69, 9.17) is 23.2 Å². The number of amides is 2. The quantitative estimate of drug-likeness (QED) is 0.787. The Kier molecular flexibility index (Phi) is 6.95. The van der Waals surface area contributed by atoms with Gasteiger partial charge in [0.15, 0.2) is 0 Å². The Morgan fingerprint density at radius 3 is 2.38 bits per heavy atom. The second-order valence-corrected chi connectivity index (χ2v) is 5.73. The summed E-state index contributed by atoms with van der Waals surface area (Å²) in [5.74, 6) is -0.408. The van der Waals surface area contributed by atoms with Crippen molar-refractivity contribution in [3.8, 4) is 0 Å². The lowest BCUT2D eigenvalue weighted by molar-refractivity contribution is -0.128. The Morgan fingerprint density at radius 2 is 1.81 bits per heavy atom. The molecule has 0 spiro atoms. The average Bonchev–Trinajstić information content (AvgIpc) is 2.35. The van der Waals surface area contributed by atoms with Crippen LogP contribution in [-0.4, -0.2) is 30.9 Å². The zero-order valence-corrected chi connectivity index (χ0v) is 13.8. The predicted molar refractivity (Wildman–Crippen MR) is 84.1 cm³/mol. The van der Waals surface area contributed by atoms with Crippen LogP contribution in [0.25, 0.3) is 0 Å². The topological polar surface area (TPSA) is 61.4 Å². The predicted octanol–water partition coefficient (Wildman–Crippen LogP) is 2.54. The van der Waals surface area contributed by atoms with Crippen LogP contribution in [0.1, 0.15) is 31.4 Å². The number of hydrogen-bond acceptors (Lipinski definition) is 3. The number of hydrazine groups is 1. The fraction of sp³-hybridized carbons (Fsp3) is 0.429. The standard InChI is InChI=1S/C14H19Cl2N3O2/c1-9(11-5-4-10(15)8-12(11)16)17-13(20)6-7-14(21)18-19(2)3/h4-5,8-9H,6-7H2,1-3H3,(H,17,20)(H,18,21). The molecule has 0 radical (unpaired) electrons. The summed E-state index contributed by atoms with van der Waals surface area (Å²) in [7, 11) is 3.42. The van der Waals surface area contributed by atoms with E-state index in [-0.39, 0.29) is 30.7 Å². The minimum Gasteiger partial charge on any atom is -0.350 e. The highest BCUT2D eigenvalue weighted by Gasteiger charge is 2.14. The Hall–Kier alpha value is -1.30. The van der Waals surface area contributed by atoms with E-state index >= 15 is 0 Å². The first-order valence-electron chi connectivity index (χ1n) is 6.50. The zero-order chi connectivity index (χ0) is 16.0. The molecule has 1 unspecified atom stereocenters. The summed E-state index contributed by atoms with van der Waals surface area (Å²) in [6, 6.07) is 4.87. The van der Waals surface area contributed by atoms with E-state index < -0.39 is 0 Å². The van der Waals surface area contributed by atoms with Crippen LogP contribution in [0.15, 0.2) is 18.2 Å². The van der Waals surface area contributed by atoms with Crippen molar-refractivity contribution in [2.75, 3.05) is 14.1 Å². The van der Waals surface area contributed by atoms with Gasteiger partial charge in [-0.3, -0.25) is 15.0 Å². The van der Waals surface area contributed by atoms with Crippen molar-refractivity contribution in [2.45, 2.75) is 25.8 Å². The number of carbonyl (C=O) groups is 2. The Bertz CT molecular complexity index is 521. The van der Waals surface area contributed by atoms with Crippen molar-refractivity contribution < 1.29 is 9.59 Å². The van der Waals surface area contributed by atoms with Crippen LogP contribution in [0.5, 0.6) is 0 Å². The monoisotopic (exact) mass is 331 g/mol. The fourth-order valence-corrected chi connectivity index (χ4v) is 2.35. The molecule has 2 N–H and O–H groups in total. The number of rotatable bonds is 6. The van der Waals surface area contributed by atoms with E-state index in [1.807, 2.05) is 6.92 Å². The number of carbonyl (C=O) groups excluding carboxylic acids is 2. The van der Waals surface area contributed by atoms with Crippen molar-refractivity contribution in [3.05, 3.63) is 33.8 Å². The van der Waals surface area contributed by atoms with E-state index in [0.29, 0.717) is 10.0 Å². The van der Waals surface area contributed by atoms with Gasteiger partial charge in [-0.2, -0.15) is 0 Å². The first-order valence-corrected chi connectivity index (χ1v) is 7.26. The molecule has 0 aliphatic carbocycles.